The van der Waals surface area contributed by atoms with Crippen molar-refractivity contribution in [2.45, 2.75) is 24.2 Å². The molecular weight excluding hydrogens is 457 g/mol. The first-order valence-corrected chi connectivity index (χ1v) is 10.5. The highest BCUT2D eigenvalue weighted by atomic mass is 19.4. The van der Waals surface area contributed by atoms with Gasteiger partial charge in [0.15, 0.2) is 0 Å². The summed E-state index contributed by atoms with van der Waals surface area (Å²) in [5.74, 6) is -4.82. The van der Waals surface area contributed by atoms with Crippen molar-refractivity contribution in [2.24, 2.45) is 5.92 Å². The molecule has 1 aliphatic heterocycles. The van der Waals surface area contributed by atoms with Crippen LogP contribution in [-0.2, 0) is 19.1 Å². The minimum atomic E-state index is -5.17. The molecule has 1 aliphatic carbocycles. The lowest BCUT2D eigenvalue weighted by atomic mass is 9.98. The van der Waals surface area contributed by atoms with Crippen LogP contribution in [-0.4, -0.2) is 61.2 Å². The standard InChI is InChI=1S/C23H21F3N2O6/c24-23(25,26)19(21(30)31)28-20(29)17-9-33-11-18(17)27-22(32)34-10-16-14-7-3-1-5-12(14)13-6-2-4-8-15(13)16/h1-8,16-19H,9-11H2,(H,27,32)(H,28,29)(H,30,31). The number of halogens is 3. The van der Waals surface area contributed by atoms with Gasteiger partial charge < -0.3 is 25.2 Å². The zero-order chi connectivity index (χ0) is 24.5. The van der Waals surface area contributed by atoms with Crippen LogP contribution in [0.4, 0.5) is 18.0 Å². The highest BCUT2D eigenvalue weighted by Gasteiger charge is 2.48. The number of carboxylic acid groups (broad SMARTS) is 1. The van der Waals surface area contributed by atoms with E-state index in [9.17, 15) is 27.6 Å². The summed E-state index contributed by atoms with van der Waals surface area (Å²) in [4.78, 5) is 35.6. The number of carbonyl (C=O) groups excluding carboxylic acids is 2. The van der Waals surface area contributed by atoms with Crippen molar-refractivity contribution in [3.63, 3.8) is 0 Å². The van der Waals surface area contributed by atoms with Gasteiger partial charge in [0.05, 0.1) is 25.2 Å². The molecule has 0 radical (unpaired) electrons. The number of fused-ring (bicyclic) bond motifs is 3. The number of rotatable bonds is 6. The van der Waals surface area contributed by atoms with Gasteiger partial charge in [-0.15, -0.1) is 0 Å². The van der Waals surface area contributed by atoms with E-state index in [0.717, 1.165) is 22.3 Å². The van der Waals surface area contributed by atoms with E-state index in [1.165, 1.54) is 5.32 Å². The first kappa shape index (κ1) is 23.6. The van der Waals surface area contributed by atoms with E-state index in [4.69, 9.17) is 14.6 Å². The molecule has 0 saturated carbocycles. The van der Waals surface area contributed by atoms with Gasteiger partial charge in [-0.05, 0) is 22.3 Å². The van der Waals surface area contributed by atoms with Crippen molar-refractivity contribution < 1.29 is 42.1 Å². The summed E-state index contributed by atoms with van der Waals surface area (Å²) >= 11 is 0. The molecule has 2 aromatic carbocycles. The van der Waals surface area contributed by atoms with Gasteiger partial charge in [-0.2, -0.15) is 13.2 Å². The quantitative estimate of drug-likeness (QED) is 0.588. The number of alkyl halides is 3. The molecule has 2 amide bonds. The van der Waals surface area contributed by atoms with Gasteiger partial charge in [0.25, 0.3) is 0 Å². The molecule has 1 fully saturated rings. The highest BCUT2D eigenvalue weighted by Crippen LogP contribution is 2.44. The zero-order valence-electron chi connectivity index (χ0n) is 17.7. The molecule has 2 aliphatic rings. The lowest BCUT2D eigenvalue weighted by Crippen LogP contribution is -2.55. The summed E-state index contributed by atoms with van der Waals surface area (Å²) < 4.78 is 49.1. The maximum atomic E-state index is 12.9. The predicted molar refractivity (Wildman–Crippen MR) is 112 cm³/mol. The molecule has 8 nitrogen and oxygen atoms in total. The van der Waals surface area contributed by atoms with Gasteiger partial charge in [-0.1, -0.05) is 48.5 Å². The van der Waals surface area contributed by atoms with Gasteiger partial charge in [0, 0.05) is 5.92 Å². The molecular formula is C23H21F3N2O6. The Hall–Kier alpha value is -3.60. The number of carbonyl (C=O) groups is 3. The summed E-state index contributed by atoms with van der Waals surface area (Å²) in [5.41, 5.74) is 4.10. The maximum Gasteiger partial charge on any atom is 0.419 e. The van der Waals surface area contributed by atoms with Crippen LogP contribution in [0.25, 0.3) is 11.1 Å². The van der Waals surface area contributed by atoms with Crippen LogP contribution in [0.1, 0.15) is 17.0 Å². The normalized spacial score (nSPS) is 20.2. The number of carboxylic acids is 1. The third kappa shape index (κ3) is 4.69. The smallest absolute Gasteiger partial charge is 0.419 e. The minimum absolute atomic E-state index is 0.0134. The molecule has 0 spiro atoms. The van der Waals surface area contributed by atoms with Crippen molar-refractivity contribution in [3.05, 3.63) is 59.7 Å². The molecule has 0 bridgehead atoms. The Kier molecular flexibility index (Phi) is 6.47. The fourth-order valence-electron chi connectivity index (χ4n) is 4.28. The zero-order valence-corrected chi connectivity index (χ0v) is 17.7. The lowest BCUT2D eigenvalue weighted by molar-refractivity contribution is -0.182. The SMILES string of the molecule is O=C(NC1COCC1C(=O)NC(C(=O)O)C(F)(F)F)OCC1c2ccccc2-c2ccccc21. The Labute approximate surface area is 192 Å². The summed E-state index contributed by atoms with van der Waals surface area (Å²) in [6.45, 7) is -0.393. The monoisotopic (exact) mass is 478 g/mol. The third-order valence-corrected chi connectivity index (χ3v) is 5.93. The van der Waals surface area contributed by atoms with Crippen LogP contribution >= 0.6 is 0 Å². The van der Waals surface area contributed by atoms with Crippen molar-refractivity contribution in [3.8, 4) is 11.1 Å². The van der Waals surface area contributed by atoms with Crippen molar-refractivity contribution in [1.82, 2.24) is 10.6 Å². The first-order valence-electron chi connectivity index (χ1n) is 10.5. The third-order valence-electron chi connectivity index (χ3n) is 5.93. The molecule has 180 valence electrons. The number of benzene rings is 2. The van der Waals surface area contributed by atoms with Crippen molar-refractivity contribution in [1.29, 1.82) is 0 Å². The summed E-state index contributed by atoms with van der Waals surface area (Å²) in [5, 5.41) is 12.7. The van der Waals surface area contributed by atoms with Crippen LogP contribution in [0.2, 0.25) is 0 Å². The van der Waals surface area contributed by atoms with E-state index >= 15 is 0 Å². The molecule has 1 saturated heterocycles. The van der Waals surface area contributed by atoms with E-state index in [2.05, 4.69) is 5.32 Å². The van der Waals surface area contributed by atoms with Gasteiger partial charge in [-0.25, -0.2) is 9.59 Å². The fraction of sp³-hybridized carbons (Fsp3) is 0.348. The first-order chi connectivity index (χ1) is 16.2. The fourth-order valence-corrected chi connectivity index (χ4v) is 4.28. The van der Waals surface area contributed by atoms with E-state index in [1.54, 1.807) is 0 Å². The number of hydrogen-bond donors (Lipinski definition) is 3. The Bertz CT molecular complexity index is 1060. The molecule has 2 aromatic rings. The summed E-state index contributed by atoms with van der Waals surface area (Å²) in [6.07, 6.45) is -6.03. The van der Waals surface area contributed by atoms with Crippen LogP contribution in [0.5, 0.6) is 0 Å². The highest BCUT2D eigenvalue weighted by molar-refractivity contribution is 5.86. The number of aliphatic carboxylic acids is 1. The average molecular weight is 478 g/mol. The molecule has 3 atom stereocenters. The van der Waals surface area contributed by atoms with E-state index in [-0.39, 0.29) is 25.7 Å². The van der Waals surface area contributed by atoms with E-state index in [0.29, 0.717) is 0 Å². The molecule has 3 unspecified atom stereocenters. The molecule has 1 heterocycles. The number of amides is 2. The number of hydrogen-bond acceptors (Lipinski definition) is 5. The molecule has 3 N–H and O–H groups in total. The van der Waals surface area contributed by atoms with Crippen LogP contribution in [0.15, 0.2) is 48.5 Å². The Balaban J connectivity index is 1.38. The van der Waals surface area contributed by atoms with Crippen molar-refractivity contribution in [2.75, 3.05) is 19.8 Å². The van der Waals surface area contributed by atoms with Crippen LogP contribution in [0, 0.1) is 5.92 Å². The van der Waals surface area contributed by atoms with Gasteiger partial charge in [0.2, 0.25) is 11.9 Å². The Morgan fingerprint density at radius 3 is 2.18 bits per heavy atom. The van der Waals surface area contributed by atoms with Gasteiger partial charge in [-0.3, -0.25) is 4.79 Å². The van der Waals surface area contributed by atoms with Crippen molar-refractivity contribution >= 4 is 18.0 Å². The topological polar surface area (TPSA) is 114 Å². The molecule has 34 heavy (non-hydrogen) atoms. The Morgan fingerprint density at radius 2 is 1.62 bits per heavy atom. The lowest BCUT2D eigenvalue weighted by Gasteiger charge is -2.22. The summed E-state index contributed by atoms with van der Waals surface area (Å²) in [6, 6.07) is 11.5. The maximum absolute atomic E-state index is 12.9. The number of nitrogens with one attached hydrogen (secondary N) is 2. The second-order valence-corrected chi connectivity index (χ2v) is 8.04. The minimum Gasteiger partial charge on any atom is -0.479 e. The second-order valence-electron chi connectivity index (χ2n) is 8.04. The molecule has 0 aromatic heterocycles. The molecule has 4 rings (SSSR count). The van der Waals surface area contributed by atoms with E-state index < -0.39 is 42.1 Å². The predicted octanol–water partition coefficient (Wildman–Crippen LogP) is 2.67. The van der Waals surface area contributed by atoms with Gasteiger partial charge >= 0.3 is 18.2 Å². The second kappa shape index (κ2) is 9.34. The summed E-state index contributed by atoms with van der Waals surface area (Å²) in [7, 11) is 0. The average Bonchev–Trinajstić information content (AvgIpc) is 3.37. The van der Waals surface area contributed by atoms with E-state index in [1.807, 2.05) is 48.5 Å². The Morgan fingerprint density at radius 1 is 1.03 bits per heavy atom. The number of ether oxygens (including phenoxy) is 2. The largest absolute Gasteiger partial charge is 0.479 e. The van der Waals surface area contributed by atoms with Gasteiger partial charge in [0.1, 0.15) is 6.61 Å². The molecule has 11 heteroatoms. The number of alkyl carbamates (subject to hydrolysis) is 1. The van der Waals surface area contributed by atoms with Crippen LogP contribution in [0.3, 0.4) is 0 Å². The van der Waals surface area contributed by atoms with Crippen LogP contribution < -0.4 is 10.6 Å².